The van der Waals surface area contributed by atoms with Crippen LogP contribution in [0.3, 0.4) is 0 Å². The van der Waals surface area contributed by atoms with Gasteiger partial charge in [-0.3, -0.25) is 0 Å². The van der Waals surface area contributed by atoms with E-state index in [1.165, 1.54) is 0 Å². The van der Waals surface area contributed by atoms with Gasteiger partial charge in [0, 0.05) is 17.3 Å². The van der Waals surface area contributed by atoms with Gasteiger partial charge in [0.25, 0.3) is 0 Å². The van der Waals surface area contributed by atoms with E-state index >= 15 is 0 Å². The first kappa shape index (κ1) is 28.2. The van der Waals surface area contributed by atoms with Crippen molar-refractivity contribution in [3.8, 4) is 0 Å². The second kappa shape index (κ2) is 12.9. The summed E-state index contributed by atoms with van der Waals surface area (Å²) in [5.41, 5.74) is 8.16. The maximum absolute atomic E-state index is 13.1. The second-order valence-corrected chi connectivity index (χ2v) is 9.88. The molecule has 0 aliphatic rings. The van der Waals surface area contributed by atoms with Crippen LogP contribution in [0.1, 0.15) is 85.5 Å². The van der Waals surface area contributed by atoms with E-state index < -0.39 is 11.9 Å². The Morgan fingerprint density at radius 1 is 0.718 bits per heavy atom. The number of halogens is 1. The van der Waals surface area contributed by atoms with Crippen molar-refractivity contribution in [1.82, 2.24) is 9.97 Å². The molecule has 0 spiro atoms. The molecule has 0 aliphatic heterocycles. The van der Waals surface area contributed by atoms with Gasteiger partial charge in [0.1, 0.15) is 24.6 Å². The Kier molecular flexibility index (Phi) is 9.31. The number of ether oxygens (including phenoxy) is 2. The van der Waals surface area contributed by atoms with Crippen LogP contribution < -0.4 is 0 Å². The van der Waals surface area contributed by atoms with Crippen LogP contribution in [-0.2, 0) is 35.5 Å². The van der Waals surface area contributed by atoms with Crippen molar-refractivity contribution in [2.75, 3.05) is 5.88 Å². The first-order chi connectivity index (χ1) is 18.9. The summed E-state index contributed by atoms with van der Waals surface area (Å²) in [7, 11) is 0. The second-order valence-electron chi connectivity index (χ2n) is 9.57. The van der Waals surface area contributed by atoms with E-state index in [4.69, 9.17) is 21.1 Å². The van der Waals surface area contributed by atoms with Gasteiger partial charge in [0.05, 0.1) is 5.92 Å². The van der Waals surface area contributed by atoms with E-state index in [-0.39, 0.29) is 25.0 Å². The number of nitrogens with one attached hydrogen (secondary N) is 2. The van der Waals surface area contributed by atoms with Crippen molar-refractivity contribution >= 4 is 23.5 Å². The number of rotatable bonds is 11. The highest BCUT2D eigenvalue weighted by molar-refractivity contribution is 6.18. The maximum atomic E-state index is 13.1. The third-order valence-corrected chi connectivity index (χ3v) is 7.53. The summed E-state index contributed by atoms with van der Waals surface area (Å²) < 4.78 is 11.2. The lowest BCUT2D eigenvalue weighted by molar-refractivity contribution is 0.0457. The van der Waals surface area contributed by atoms with Crippen molar-refractivity contribution in [2.24, 2.45) is 0 Å². The Morgan fingerprint density at radius 2 is 1.10 bits per heavy atom. The lowest BCUT2D eigenvalue weighted by Gasteiger charge is -2.16. The smallest absolute Gasteiger partial charge is 0.355 e. The minimum Gasteiger partial charge on any atom is -0.456 e. The summed E-state index contributed by atoms with van der Waals surface area (Å²) in [6, 6.07) is 19.2. The average molecular weight is 547 g/mol. The molecule has 0 saturated carbocycles. The van der Waals surface area contributed by atoms with Gasteiger partial charge in [-0.25, -0.2) is 9.59 Å². The number of esters is 2. The number of carbonyl (C=O) groups excluding carboxylic acids is 2. The third-order valence-electron chi connectivity index (χ3n) is 7.22. The summed E-state index contributed by atoms with van der Waals surface area (Å²) in [6.45, 7) is 8.34. The fourth-order valence-corrected chi connectivity index (χ4v) is 5.43. The van der Waals surface area contributed by atoms with E-state index in [0.29, 0.717) is 24.2 Å². The van der Waals surface area contributed by atoms with Gasteiger partial charge in [0.15, 0.2) is 0 Å². The molecule has 7 heteroatoms. The largest absolute Gasteiger partial charge is 0.456 e. The first-order valence-corrected chi connectivity index (χ1v) is 13.8. The summed E-state index contributed by atoms with van der Waals surface area (Å²) in [6.07, 6.45) is 1.42. The van der Waals surface area contributed by atoms with Gasteiger partial charge in [-0.1, -0.05) is 74.5 Å². The minimum absolute atomic E-state index is 0.193. The summed E-state index contributed by atoms with van der Waals surface area (Å²) in [5, 5.41) is 0. The zero-order valence-corrected chi connectivity index (χ0v) is 23.7. The van der Waals surface area contributed by atoms with Gasteiger partial charge in [0.2, 0.25) is 0 Å². The van der Waals surface area contributed by atoms with Crippen molar-refractivity contribution in [3.63, 3.8) is 0 Å². The van der Waals surface area contributed by atoms with Crippen molar-refractivity contribution in [3.05, 3.63) is 117 Å². The normalized spacial score (nSPS) is 11.1. The molecule has 0 fully saturated rings. The van der Waals surface area contributed by atoms with Crippen molar-refractivity contribution in [1.29, 1.82) is 0 Å². The van der Waals surface area contributed by atoms with Gasteiger partial charge in [-0.05, 0) is 60.1 Å². The predicted octanol–water partition coefficient (Wildman–Crippen LogP) is 7.17. The molecule has 0 saturated heterocycles. The van der Waals surface area contributed by atoms with Crippen molar-refractivity contribution < 1.29 is 19.1 Å². The highest BCUT2D eigenvalue weighted by Crippen LogP contribution is 2.35. The number of aromatic nitrogens is 2. The zero-order chi connectivity index (χ0) is 27.9. The Hall–Kier alpha value is -3.77. The lowest BCUT2D eigenvalue weighted by Crippen LogP contribution is -2.11. The predicted molar refractivity (Wildman–Crippen MR) is 154 cm³/mol. The number of hydrogen-bond donors (Lipinski definition) is 2. The molecule has 4 aromatic rings. The van der Waals surface area contributed by atoms with E-state index in [9.17, 15) is 9.59 Å². The molecule has 2 heterocycles. The number of H-pyrrole nitrogens is 2. The SMILES string of the molecule is CCc1c(C(CCl)c2[nH]c(C(=O)OCc3ccccc3)c(C)c2CC)[nH]c(C(=O)OCc2ccccc2)c1C. The van der Waals surface area contributed by atoms with Gasteiger partial charge in [-0.15, -0.1) is 11.6 Å². The minimum atomic E-state index is -0.408. The molecule has 204 valence electrons. The molecule has 0 amide bonds. The quantitative estimate of drug-likeness (QED) is 0.154. The number of hydrogen-bond acceptors (Lipinski definition) is 4. The van der Waals surface area contributed by atoms with Crippen LogP contribution >= 0.6 is 11.6 Å². The Bertz CT molecular complexity index is 1320. The lowest BCUT2D eigenvalue weighted by atomic mass is 9.93. The van der Waals surface area contributed by atoms with E-state index in [2.05, 4.69) is 23.8 Å². The standard InChI is InChI=1S/C32H35ClN2O4/c1-5-24-20(3)27(31(36)38-18-22-13-9-7-10-14-22)34-29(24)26(17-33)30-25(6-2)21(4)28(35-30)32(37)39-19-23-15-11-8-12-16-23/h7-16,26,34-35H,5-6,17-19H2,1-4H3. The fourth-order valence-electron chi connectivity index (χ4n) is 5.12. The van der Waals surface area contributed by atoms with Gasteiger partial charge >= 0.3 is 11.9 Å². The monoisotopic (exact) mass is 546 g/mol. The highest BCUT2D eigenvalue weighted by Gasteiger charge is 2.30. The molecule has 2 aromatic carbocycles. The molecule has 6 nitrogen and oxygen atoms in total. The van der Waals surface area contributed by atoms with E-state index in [1.54, 1.807) is 0 Å². The van der Waals surface area contributed by atoms with Gasteiger partial charge in [-0.2, -0.15) is 0 Å². The van der Waals surface area contributed by atoms with Crippen LogP contribution in [0.4, 0.5) is 0 Å². The number of aromatic amines is 2. The summed E-state index contributed by atoms with van der Waals surface area (Å²) >= 11 is 6.59. The Labute approximate surface area is 234 Å². The van der Waals surface area contributed by atoms with Crippen molar-refractivity contribution in [2.45, 2.75) is 59.7 Å². The Balaban J connectivity index is 1.62. The highest BCUT2D eigenvalue weighted by atomic mass is 35.5. The third kappa shape index (κ3) is 6.12. The van der Waals surface area contributed by atoms with Crippen LogP contribution in [0.25, 0.3) is 0 Å². The maximum Gasteiger partial charge on any atom is 0.355 e. The van der Waals surface area contributed by atoms with E-state index in [0.717, 1.165) is 44.8 Å². The summed E-state index contributed by atoms with van der Waals surface area (Å²) in [4.78, 5) is 32.8. The van der Waals surface area contributed by atoms with Crippen LogP contribution in [0.2, 0.25) is 0 Å². The molecule has 0 aliphatic carbocycles. The first-order valence-electron chi connectivity index (χ1n) is 13.3. The zero-order valence-electron chi connectivity index (χ0n) is 22.9. The van der Waals surface area contributed by atoms with Crippen LogP contribution in [-0.4, -0.2) is 27.8 Å². The number of carbonyl (C=O) groups is 2. The average Bonchev–Trinajstić information content (AvgIpc) is 3.47. The van der Waals surface area contributed by atoms with E-state index in [1.807, 2.05) is 74.5 Å². The molecule has 0 bridgehead atoms. The number of benzene rings is 2. The summed E-state index contributed by atoms with van der Waals surface area (Å²) in [5.74, 6) is -0.833. The molecular weight excluding hydrogens is 512 g/mol. The molecule has 2 aromatic heterocycles. The molecule has 2 N–H and O–H groups in total. The van der Waals surface area contributed by atoms with Crippen LogP contribution in [0.15, 0.2) is 60.7 Å². The van der Waals surface area contributed by atoms with Gasteiger partial charge < -0.3 is 19.4 Å². The Morgan fingerprint density at radius 3 is 1.44 bits per heavy atom. The molecule has 0 unspecified atom stereocenters. The van der Waals surface area contributed by atoms with Crippen LogP contribution in [0.5, 0.6) is 0 Å². The number of alkyl halides is 1. The topological polar surface area (TPSA) is 84.2 Å². The molecule has 0 atom stereocenters. The van der Waals surface area contributed by atoms with Crippen LogP contribution in [0, 0.1) is 13.8 Å². The fraction of sp³-hybridized carbons (Fsp3) is 0.312. The molecular formula is C32H35ClN2O4. The molecule has 39 heavy (non-hydrogen) atoms. The molecule has 0 radical (unpaired) electrons. The molecule has 4 rings (SSSR count).